The van der Waals surface area contributed by atoms with E-state index in [1.807, 2.05) is 4.98 Å². The van der Waals surface area contributed by atoms with Gasteiger partial charge in [0.15, 0.2) is 17.3 Å². The molecule has 0 spiro atoms. The van der Waals surface area contributed by atoms with E-state index in [9.17, 15) is 14.4 Å². The van der Waals surface area contributed by atoms with Crippen LogP contribution in [0.25, 0.3) is 11.5 Å². The fourth-order valence-corrected chi connectivity index (χ4v) is 1.83. The summed E-state index contributed by atoms with van der Waals surface area (Å²) in [4.78, 5) is 43.8. The van der Waals surface area contributed by atoms with Gasteiger partial charge in [0.05, 0.1) is 5.69 Å². The molecule has 1 N–H and O–H groups in total. The molecule has 0 aromatic rings. The molecule has 0 amide bonds. The van der Waals surface area contributed by atoms with E-state index in [0.717, 1.165) is 0 Å². The first-order chi connectivity index (χ1) is 7.91. The highest BCUT2D eigenvalue weighted by molar-refractivity contribution is 5.94. The van der Waals surface area contributed by atoms with Crippen molar-refractivity contribution in [2.45, 2.75) is 13.8 Å². The van der Waals surface area contributed by atoms with Crippen LogP contribution in [0.15, 0.2) is 9.59 Å². The van der Waals surface area contributed by atoms with Crippen molar-refractivity contribution in [3.8, 4) is 11.5 Å². The summed E-state index contributed by atoms with van der Waals surface area (Å²) in [6, 6.07) is 0. The standard InChI is InChI=1S/C10H10N4O3/c1-4-7(5(2)15)14(3)8-6(11-4)9(16)13-10(17)12-8/h1-3H3,(H,13,16,17). The average Bonchev–Trinajstić information content (AvgIpc) is 2.19. The Labute approximate surface area is 95.5 Å². The molecular weight excluding hydrogens is 224 g/mol. The number of fused-ring (bicyclic) bond motifs is 1. The number of aryl methyl sites for hydroxylation is 1. The number of carbonyl (C=O) groups excluding carboxylic acids is 1. The predicted molar refractivity (Wildman–Crippen MR) is 59.3 cm³/mol. The Morgan fingerprint density at radius 3 is 2.53 bits per heavy atom. The number of nitrogens with zero attached hydrogens (tertiary/aromatic N) is 3. The molecule has 0 aliphatic carbocycles. The lowest BCUT2D eigenvalue weighted by Crippen LogP contribution is -2.30. The van der Waals surface area contributed by atoms with E-state index >= 15 is 0 Å². The van der Waals surface area contributed by atoms with Gasteiger partial charge < -0.3 is 4.57 Å². The van der Waals surface area contributed by atoms with Gasteiger partial charge in [-0.05, 0) is 6.92 Å². The summed E-state index contributed by atoms with van der Waals surface area (Å²) in [6.45, 7) is 3.02. The van der Waals surface area contributed by atoms with Gasteiger partial charge in [-0.1, -0.05) is 0 Å². The lowest BCUT2D eigenvalue weighted by molar-refractivity contribution is 0.100. The van der Waals surface area contributed by atoms with Crippen molar-refractivity contribution in [3.05, 3.63) is 32.2 Å². The van der Waals surface area contributed by atoms with E-state index in [1.165, 1.54) is 11.5 Å². The molecule has 7 heteroatoms. The highest BCUT2D eigenvalue weighted by atomic mass is 16.2. The molecule has 0 radical (unpaired) electrons. The van der Waals surface area contributed by atoms with Crippen LogP contribution in [0.3, 0.4) is 0 Å². The molecule has 88 valence electrons. The number of hydrogen-bond acceptors (Lipinski definition) is 5. The number of carbonyl (C=O) groups is 1. The normalized spacial score (nSPS) is 10.8. The Morgan fingerprint density at radius 2 is 1.94 bits per heavy atom. The SMILES string of the molecule is CC(=O)c1c(C)nc2c(=O)[nH]c(=O)nc-2n1C. The molecule has 0 unspecified atom stereocenters. The monoisotopic (exact) mass is 234 g/mol. The topological polar surface area (TPSA) is 97.7 Å². The predicted octanol–water partition coefficient (Wildman–Crippen LogP) is -0.521. The molecule has 0 fully saturated rings. The quantitative estimate of drug-likeness (QED) is 0.669. The number of ketones is 1. The summed E-state index contributed by atoms with van der Waals surface area (Å²) in [6.07, 6.45) is 0. The maximum absolute atomic E-state index is 11.5. The fourth-order valence-electron chi connectivity index (χ4n) is 1.83. The highest BCUT2D eigenvalue weighted by Gasteiger charge is 2.20. The van der Waals surface area contributed by atoms with Gasteiger partial charge >= 0.3 is 5.69 Å². The molecule has 0 bridgehead atoms. The van der Waals surface area contributed by atoms with Gasteiger partial charge in [-0.25, -0.2) is 9.78 Å². The second-order valence-corrected chi connectivity index (χ2v) is 3.70. The maximum Gasteiger partial charge on any atom is 0.349 e. The zero-order valence-electron chi connectivity index (χ0n) is 9.57. The first-order valence-corrected chi connectivity index (χ1v) is 4.90. The molecule has 7 nitrogen and oxygen atoms in total. The van der Waals surface area contributed by atoms with Crippen LogP contribution in [0, 0.1) is 6.92 Å². The number of hydrogen-bond donors (Lipinski definition) is 1. The Balaban J connectivity index is 3.02. The minimum Gasteiger partial charge on any atom is -0.323 e. The van der Waals surface area contributed by atoms with Crippen LogP contribution in [-0.2, 0) is 7.05 Å². The minimum absolute atomic E-state index is 0.0506. The molecule has 2 aliphatic rings. The van der Waals surface area contributed by atoms with Crippen LogP contribution in [0.2, 0.25) is 0 Å². The molecule has 0 saturated carbocycles. The van der Waals surface area contributed by atoms with Crippen LogP contribution in [0.5, 0.6) is 0 Å². The van der Waals surface area contributed by atoms with Gasteiger partial charge in [-0.2, -0.15) is 4.98 Å². The summed E-state index contributed by atoms with van der Waals surface area (Å²) in [7, 11) is 1.57. The Kier molecular flexibility index (Phi) is 2.38. The highest BCUT2D eigenvalue weighted by Crippen LogP contribution is 2.15. The number of H-pyrrole nitrogens is 1. The number of Topliss-reactive ketones (excluding diaryl/α,β-unsaturated/α-hetero) is 1. The fraction of sp³-hybridized carbons (Fsp3) is 0.300. The Hall–Kier alpha value is -2.31. The van der Waals surface area contributed by atoms with E-state index in [0.29, 0.717) is 11.4 Å². The molecule has 17 heavy (non-hydrogen) atoms. The van der Waals surface area contributed by atoms with Crippen molar-refractivity contribution in [2.75, 3.05) is 0 Å². The summed E-state index contributed by atoms with van der Waals surface area (Å²) in [5.41, 5.74) is -0.546. The maximum atomic E-state index is 11.5. The van der Waals surface area contributed by atoms with Crippen molar-refractivity contribution in [1.82, 2.24) is 19.5 Å². The van der Waals surface area contributed by atoms with Crippen molar-refractivity contribution in [2.24, 2.45) is 7.05 Å². The van der Waals surface area contributed by atoms with Crippen LogP contribution in [0.1, 0.15) is 23.1 Å². The minimum atomic E-state index is -0.752. The van der Waals surface area contributed by atoms with E-state index in [2.05, 4.69) is 9.97 Å². The van der Waals surface area contributed by atoms with E-state index in [-0.39, 0.29) is 17.3 Å². The first kappa shape index (κ1) is 11.2. The number of aromatic amines is 1. The summed E-state index contributed by atoms with van der Waals surface area (Å²) >= 11 is 0. The van der Waals surface area contributed by atoms with Gasteiger partial charge in [0.1, 0.15) is 5.69 Å². The number of nitrogens with one attached hydrogen (secondary N) is 1. The van der Waals surface area contributed by atoms with Crippen LogP contribution in [0.4, 0.5) is 0 Å². The van der Waals surface area contributed by atoms with Crippen molar-refractivity contribution >= 4 is 5.78 Å². The third-order valence-corrected chi connectivity index (χ3v) is 2.46. The second kappa shape index (κ2) is 3.62. The average molecular weight is 234 g/mol. The van der Waals surface area contributed by atoms with E-state index in [4.69, 9.17) is 0 Å². The number of rotatable bonds is 1. The molecule has 0 saturated heterocycles. The molecule has 0 aromatic heterocycles. The van der Waals surface area contributed by atoms with Gasteiger partial charge in [0.25, 0.3) is 5.56 Å². The third-order valence-electron chi connectivity index (χ3n) is 2.46. The second-order valence-electron chi connectivity index (χ2n) is 3.70. The van der Waals surface area contributed by atoms with E-state index < -0.39 is 11.2 Å². The van der Waals surface area contributed by atoms with Crippen LogP contribution in [-0.4, -0.2) is 25.3 Å². The molecule has 2 rings (SSSR count). The van der Waals surface area contributed by atoms with Crippen molar-refractivity contribution in [3.63, 3.8) is 0 Å². The van der Waals surface area contributed by atoms with Gasteiger partial charge in [-0.15, -0.1) is 0 Å². The molecule has 0 atom stereocenters. The summed E-state index contributed by atoms with van der Waals surface area (Å²) in [5, 5.41) is 0. The Bertz CT molecular complexity index is 698. The Morgan fingerprint density at radius 1 is 1.29 bits per heavy atom. The smallest absolute Gasteiger partial charge is 0.323 e. The van der Waals surface area contributed by atoms with Crippen molar-refractivity contribution in [1.29, 1.82) is 0 Å². The molecule has 0 aromatic carbocycles. The zero-order chi connectivity index (χ0) is 12.7. The third kappa shape index (κ3) is 1.65. The largest absolute Gasteiger partial charge is 0.349 e. The lowest BCUT2D eigenvalue weighted by atomic mass is 10.2. The van der Waals surface area contributed by atoms with Gasteiger partial charge in [-0.3, -0.25) is 14.6 Å². The zero-order valence-corrected chi connectivity index (χ0v) is 9.57. The van der Waals surface area contributed by atoms with Crippen LogP contribution < -0.4 is 11.2 Å². The van der Waals surface area contributed by atoms with Gasteiger partial charge in [0, 0.05) is 14.0 Å². The van der Waals surface area contributed by atoms with Crippen LogP contribution >= 0.6 is 0 Å². The lowest BCUT2D eigenvalue weighted by Gasteiger charge is -2.14. The van der Waals surface area contributed by atoms with Crippen molar-refractivity contribution < 1.29 is 4.79 Å². The molecular formula is C10H10N4O3. The first-order valence-electron chi connectivity index (χ1n) is 4.90. The van der Waals surface area contributed by atoms with E-state index in [1.54, 1.807) is 14.0 Å². The van der Waals surface area contributed by atoms with Gasteiger partial charge in [0.2, 0.25) is 0 Å². The molecule has 2 aliphatic heterocycles. The summed E-state index contributed by atoms with van der Waals surface area (Å²) < 4.78 is 1.41. The molecule has 2 heterocycles. The summed E-state index contributed by atoms with van der Waals surface area (Å²) in [5.74, 6) is -0.0940. The number of aromatic nitrogens is 4.